The van der Waals surface area contributed by atoms with Gasteiger partial charge in [-0.1, -0.05) is 81.4 Å². The first-order chi connectivity index (χ1) is 12.1. The van der Waals surface area contributed by atoms with Crippen LogP contribution in [0.1, 0.15) is 91.6 Å². The van der Waals surface area contributed by atoms with E-state index < -0.39 is 0 Å². The summed E-state index contributed by atoms with van der Waals surface area (Å²) in [7, 11) is 0. The first-order valence-corrected chi connectivity index (χ1v) is 10.4. The molecular formula is C25H40O2. The van der Waals surface area contributed by atoms with Crippen LogP contribution >= 0.6 is 0 Å². The first-order valence-electron chi connectivity index (χ1n) is 10.4. The van der Waals surface area contributed by atoms with Crippen LogP contribution in [0.25, 0.3) is 0 Å². The zero-order valence-corrected chi connectivity index (χ0v) is 19.2. The molecule has 2 atom stereocenters. The van der Waals surface area contributed by atoms with Crippen molar-refractivity contribution >= 4 is 5.97 Å². The van der Waals surface area contributed by atoms with Crippen LogP contribution in [0.15, 0.2) is 24.3 Å². The van der Waals surface area contributed by atoms with Gasteiger partial charge in [0.15, 0.2) is 0 Å². The maximum Gasteiger partial charge on any atom is 0.338 e. The van der Waals surface area contributed by atoms with Crippen molar-refractivity contribution in [3.05, 3.63) is 35.4 Å². The van der Waals surface area contributed by atoms with Gasteiger partial charge in [0.05, 0.1) is 12.2 Å². The highest BCUT2D eigenvalue weighted by Crippen LogP contribution is 2.58. The summed E-state index contributed by atoms with van der Waals surface area (Å²) in [6, 6.07) is 7.98. The van der Waals surface area contributed by atoms with Crippen molar-refractivity contribution in [1.82, 2.24) is 0 Å². The van der Waals surface area contributed by atoms with Crippen molar-refractivity contribution in [1.29, 1.82) is 0 Å². The molecule has 2 nitrogen and oxygen atoms in total. The van der Waals surface area contributed by atoms with E-state index >= 15 is 0 Å². The molecule has 27 heavy (non-hydrogen) atoms. The van der Waals surface area contributed by atoms with E-state index in [1.165, 1.54) is 5.56 Å². The average Bonchev–Trinajstić information content (AvgIpc) is 2.71. The molecule has 0 saturated heterocycles. The number of esters is 1. The summed E-state index contributed by atoms with van der Waals surface area (Å²) in [5, 5.41) is 0. The normalized spacial score (nSPS) is 24.7. The van der Waals surface area contributed by atoms with Crippen molar-refractivity contribution < 1.29 is 9.53 Å². The Morgan fingerprint density at radius 3 is 1.96 bits per heavy atom. The molecule has 152 valence electrons. The fourth-order valence-electron chi connectivity index (χ4n) is 4.23. The van der Waals surface area contributed by atoms with Crippen molar-refractivity contribution in [3.63, 3.8) is 0 Å². The zero-order chi connectivity index (χ0) is 20.8. The number of benzene rings is 1. The Morgan fingerprint density at radius 2 is 1.56 bits per heavy atom. The number of carbonyl (C=O) groups excluding carboxylic acids is 1. The molecule has 1 aliphatic carbocycles. The summed E-state index contributed by atoms with van der Waals surface area (Å²) in [5.41, 5.74) is 2.60. The molecule has 1 aliphatic rings. The second-order valence-corrected chi connectivity index (χ2v) is 11.4. The van der Waals surface area contributed by atoms with Crippen LogP contribution in [0.3, 0.4) is 0 Å². The van der Waals surface area contributed by atoms with E-state index in [4.69, 9.17) is 4.74 Å². The summed E-state index contributed by atoms with van der Waals surface area (Å²) < 4.78 is 5.72. The van der Waals surface area contributed by atoms with Crippen LogP contribution in [-0.2, 0) is 10.2 Å². The molecule has 1 saturated carbocycles. The number of hydrogen-bond acceptors (Lipinski definition) is 2. The number of rotatable bonds is 4. The smallest absolute Gasteiger partial charge is 0.338 e. The predicted octanol–water partition coefficient (Wildman–Crippen LogP) is 6.88. The van der Waals surface area contributed by atoms with Gasteiger partial charge in [-0.05, 0) is 57.6 Å². The van der Waals surface area contributed by atoms with Crippen molar-refractivity contribution in [2.75, 3.05) is 6.61 Å². The monoisotopic (exact) mass is 372 g/mol. The Labute approximate surface area is 167 Å². The number of ether oxygens (including phenoxy) is 1. The van der Waals surface area contributed by atoms with Gasteiger partial charge >= 0.3 is 5.97 Å². The standard InChI is InChI=1S/C25H40O2/c1-17-19(15-23(5,6)24(17,7)8)16-27-21(26)18-11-13-20(14-12-18)25(9,10)22(2,3)4/h11-14,17,19H,15-16H2,1-10H3. The van der Waals surface area contributed by atoms with Crippen LogP contribution in [0.2, 0.25) is 0 Å². The highest BCUT2D eigenvalue weighted by Gasteiger charge is 2.51. The molecule has 0 N–H and O–H groups in total. The molecule has 0 aromatic heterocycles. The van der Waals surface area contributed by atoms with E-state index in [0.717, 1.165) is 6.42 Å². The minimum atomic E-state index is -0.204. The van der Waals surface area contributed by atoms with E-state index in [1.54, 1.807) is 0 Å². The Kier molecular flexibility index (Phi) is 5.65. The third-order valence-corrected chi connectivity index (χ3v) is 8.51. The molecule has 2 heteroatoms. The lowest BCUT2D eigenvalue weighted by Crippen LogP contribution is -2.33. The molecule has 2 unspecified atom stereocenters. The largest absolute Gasteiger partial charge is 0.462 e. The van der Waals surface area contributed by atoms with Crippen LogP contribution in [0.4, 0.5) is 0 Å². The van der Waals surface area contributed by atoms with E-state index in [0.29, 0.717) is 24.0 Å². The van der Waals surface area contributed by atoms with Gasteiger partial charge in [-0.15, -0.1) is 0 Å². The molecule has 1 fully saturated rings. The number of hydrogen-bond donors (Lipinski definition) is 0. The van der Waals surface area contributed by atoms with Crippen LogP contribution in [-0.4, -0.2) is 12.6 Å². The molecule has 0 amide bonds. The van der Waals surface area contributed by atoms with Crippen molar-refractivity contribution in [2.24, 2.45) is 28.1 Å². The van der Waals surface area contributed by atoms with E-state index in [9.17, 15) is 4.79 Å². The lowest BCUT2D eigenvalue weighted by atomic mass is 9.65. The van der Waals surface area contributed by atoms with Gasteiger partial charge in [0.25, 0.3) is 0 Å². The Bertz CT molecular complexity index is 671. The molecule has 1 aromatic rings. The summed E-state index contributed by atoms with van der Waals surface area (Å²) in [5.74, 6) is 0.762. The van der Waals surface area contributed by atoms with Gasteiger partial charge in [-0.25, -0.2) is 4.79 Å². The van der Waals surface area contributed by atoms with Gasteiger partial charge in [0.2, 0.25) is 0 Å². The average molecular weight is 373 g/mol. The molecule has 0 spiro atoms. The second kappa shape index (κ2) is 6.94. The third kappa shape index (κ3) is 3.96. The van der Waals surface area contributed by atoms with E-state index in [1.807, 2.05) is 12.1 Å². The fraction of sp³-hybridized carbons (Fsp3) is 0.720. The maximum atomic E-state index is 12.6. The maximum absolute atomic E-state index is 12.6. The molecule has 2 rings (SSSR count). The van der Waals surface area contributed by atoms with Crippen LogP contribution in [0.5, 0.6) is 0 Å². The molecule has 0 aliphatic heterocycles. The van der Waals surface area contributed by atoms with E-state index in [2.05, 4.69) is 81.4 Å². The summed E-state index contributed by atoms with van der Waals surface area (Å²) in [4.78, 5) is 12.6. The lowest BCUT2D eigenvalue weighted by Gasteiger charge is -2.39. The Morgan fingerprint density at radius 1 is 1.04 bits per heavy atom. The molecule has 0 heterocycles. The lowest BCUT2D eigenvalue weighted by molar-refractivity contribution is 0.0388. The second-order valence-electron chi connectivity index (χ2n) is 11.4. The van der Waals surface area contributed by atoms with Gasteiger partial charge in [-0.3, -0.25) is 0 Å². The quantitative estimate of drug-likeness (QED) is 0.539. The highest BCUT2D eigenvalue weighted by atomic mass is 16.5. The Balaban J connectivity index is 2.04. The zero-order valence-electron chi connectivity index (χ0n) is 19.2. The molecule has 1 aromatic carbocycles. The summed E-state index contributed by atoms with van der Waals surface area (Å²) in [6.45, 7) is 23.4. The first kappa shape index (κ1) is 22.0. The third-order valence-electron chi connectivity index (χ3n) is 8.51. The van der Waals surface area contributed by atoms with Crippen LogP contribution < -0.4 is 0 Å². The topological polar surface area (TPSA) is 26.3 Å². The molecular weight excluding hydrogens is 332 g/mol. The highest BCUT2D eigenvalue weighted by molar-refractivity contribution is 5.89. The minimum Gasteiger partial charge on any atom is -0.462 e. The SMILES string of the molecule is CC1C(COC(=O)c2ccc(C(C)(C)C(C)(C)C)cc2)CC(C)(C)C1(C)C. The summed E-state index contributed by atoms with van der Waals surface area (Å²) >= 11 is 0. The van der Waals surface area contributed by atoms with Crippen molar-refractivity contribution in [2.45, 2.75) is 81.1 Å². The predicted molar refractivity (Wildman–Crippen MR) is 114 cm³/mol. The minimum absolute atomic E-state index is 0.0336. The summed E-state index contributed by atoms with van der Waals surface area (Å²) in [6.07, 6.45) is 1.10. The molecule has 0 radical (unpaired) electrons. The number of carbonyl (C=O) groups is 1. The van der Waals surface area contributed by atoms with Gasteiger partial charge in [-0.2, -0.15) is 0 Å². The van der Waals surface area contributed by atoms with Gasteiger partial charge < -0.3 is 4.74 Å². The van der Waals surface area contributed by atoms with Crippen molar-refractivity contribution in [3.8, 4) is 0 Å². The molecule has 0 bridgehead atoms. The van der Waals surface area contributed by atoms with Gasteiger partial charge in [0.1, 0.15) is 0 Å². The fourth-order valence-corrected chi connectivity index (χ4v) is 4.23. The van der Waals surface area contributed by atoms with E-state index in [-0.39, 0.29) is 27.6 Å². The van der Waals surface area contributed by atoms with Crippen LogP contribution in [0, 0.1) is 28.1 Å². The van der Waals surface area contributed by atoms with Gasteiger partial charge in [0, 0.05) is 0 Å². The Hall–Kier alpha value is -1.31.